The standard InChI is InChI=1S/C18H22N2O/c1-13(2)11-14(3)19-20-18(21)12-16-9-6-8-15-7-4-5-10-17(15)16/h4-10,13H,11-12H2,1-3H3,(H,20,21). The minimum atomic E-state index is -0.0746. The molecule has 1 N–H and O–H groups in total. The van der Waals surface area contributed by atoms with Crippen molar-refractivity contribution in [2.45, 2.75) is 33.6 Å². The van der Waals surface area contributed by atoms with Crippen LogP contribution in [-0.2, 0) is 11.2 Å². The lowest BCUT2D eigenvalue weighted by Crippen LogP contribution is -2.21. The lowest BCUT2D eigenvalue weighted by molar-refractivity contribution is -0.120. The number of carbonyl (C=O) groups is 1. The highest BCUT2D eigenvalue weighted by Gasteiger charge is 2.06. The molecule has 3 heteroatoms. The molecule has 0 aliphatic carbocycles. The first kappa shape index (κ1) is 15.2. The Hall–Kier alpha value is -2.16. The zero-order valence-electron chi connectivity index (χ0n) is 12.9. The predicted molar refractivity (Wildman–Crippen MR) is 88.4 cm³/mol. The molecule has 2 aromatic carbocycles. The predicted octanol–water partition coefficient (Wildman–Crippen LogP) is 3.92. The Morgan fingerprint density at radius 3 is 2.62 bits per heavy atom. The molecule has 0 heterocycles. The minimum Gasteiger partial charge on any atom is -0.273 e. The first-order valence-corrected chi connectivity index (χ1v) is 7.35. The molecule has 0 saturated heterocycles. The first-order valence-electron chi connectivity index (χ1n) is 7.35. The largest absolute Gasteiger partial charge is 0.273 e. The normalized spacial score (nSPS) is 11.9. The molecule has 2 aromatic rings. The highest BCUT2D eigenvalue weighted by Crippen LogP contribution is 2.18. The quantitative estimate of drug-likeness (QED) is 0.655. The summed E-state index contributed by atoms with van der Waals surface area (Å²) in [7, 11) is 0. The Morgan fingerprint density at radius 1 is 1.14 bits per heavy atom. The number of hydrogen-bond donors (Lipinski definition) is 1. The van der Waals surface area contributed by atoms with Gasteiger partial charge in [-0.3, -0.25) is 4.79 Å². The number of nitrogens with zero attached hydrogens (tertiary/aromatic N) is 1. The van der Waals surface area contributed by atoms with Gasteiger partial charge >= 0.3 is 0 Å². The molecule has 2 rings (SSSR count). The number of hydrogen-bond acceptors (Lipinski definition) is 2. The van der Waals surface area contributed by atoms with E-state index in [4.69, 9.17) is 0 Å². The fourth-order valence-electron chi connectivity index (χ4n) is 2.45. The van der Waals surface area contributed by atoms with Gasteiger partial charge in [-0.15, -0.1) is 0 Å². The number of rotatable bonds is 5. The summed E-state index contributed by atoms with van der Waals surface area (Å²) < 4.78 is 0. The van der Waals surface area contributed by atoms with Crippen LogP contribution in [0.3, 0.4) is 0 Å². The van der Waals surface area contributed by atoms with Crippen molar-refractivity contribution >= 4 is 22.4 Å². The molecule has 110 valence electrons. The maximum atomic E-state index is 12.0. The van der Waals surface area contributed by atoms with Crippen molar-refractivity contribution in [1.82, 2.24) is 5.43 Å². The molecule has 0 aliphatic rings. The molecule has 0 atom stereocenters. The molecule has 0 spiro atoms. The van der Waals surface area contributed by atoms with E-state index >= 15 is 0 Å². The van der Waals surface area contributed by atoms with Crippen molar-refractivity contribution in [3.8, 4) is 0 Å². The van der Waals surface area contributed by atoms with Crippen molar-refractivity contribution in [2.75, 3.05) is 0 Å². The van der Waals surface area contributed by atoms with E-state index in [0.717, 1.165) is 28.5 Å². The second kappa shape index (κ2) is 7.02. The summed E-state index contributed by atoms with van der Waals surface area (Å²) in [5.74, 6) is 0.471. The van der Waals surface area contributed by atoms with E-state index in [0.29, 0.717) is 12.3 Å². The molecule has 0 aromatic heterocycles. The smallest absolute Gasteiger partial charge is 0.244 e. The summed E-state index contributed by atoms with van der Waals surface area (Å²) in [6.45, 7) is 6.21. The van der Waals surface area contributed by atoms with Crippen molar-refractivity contribution in [3.05, 3.63) is 48.0 Å². The summed E-state index contributed by atoms with van der Waals surface area (Å²) in [5.41, 5.74) is 4.63. The topological polar surface area (TPSA) is 41.5 Å². The van der Waals surface area contributed by atoms with Crippen LogP contribution in [0.15, 0.2) is 47.6 Å². The van der Waals surface area contributed by atoms with Gasteiger partial charge < -0.3 is 0 Å². The maximum Gasteiger partial charge on any atom is 0.244 e. The monoisotopic (exact) mass is 282 g/mol. The lowest BCUT2D eigenvalue weighted by atomic mass is 10.0. The molecule has 0 aliphatic heterocycles. The van der Waals surface area contributed by atoms with Crippen LogP contribution in [0.5, 0.6) is 0 Å². The van der Waals surface area contributed by atoms with Crippen LogP contribution in [0, 0.1) is 5.92 Å². The number of fused-ring (bicyclic) bond motifs is 1. The second-order valence-corrected chi connectivity index (χ2v) is 5.80. The van der Waals surface area contributed by atoms with Gasteiger partial charge in [0, 0.05) is 5.71 Å². The lowest BCUT2D eigenvalue weighted by Gasteiger charge is -2.07. The first-order chi connectivity index (χ1) is 10.1. The zero-order valence-corrected chi connectivity index (χ0v) is 12.9. The van der Waals surface area contributed by atoms with Crippen molar-refractivity contribution in [3.63, 3.8) is 0 Å². The van der Waals surface area contributed by atoms with Crippen LogP contribution in [0.25, 0.3) is 10.8 Å². The fraction of sp³-hybridized carbons (Fsp3) is 0.333. The van der Waals surface area contributed by atoms with Gasteiger partial charge in [0.25, 0.3) is 0 Å². The third kappa shape index (κ3) is 4.42. The number of carbonyl (C=O) groups excluding carboxylic acids is 1. The van der Waals surface area contributed by atoms with Crippen molar-refractivity contribution in [2.24, 2.45) is 11.0 Å². The van der Waals surface area contributed by atoms with Crippen LogP contribution in [-0.4, -0.2) is 11.6 Å². The van der Waals surface area contributed by atoms with Crippen LogP contribution in [0.2, 0.25) is 0 Å². The Labute approximate surface area is 126 Å². The van der Waals surface area contributed by atoms with Gasteiger partial charge in [0.05, 0.1) is 6.42 Å². The summed E-state index contributed by atoms with van der Waals surface area (Å²) >= 11 is 0. The van der Waals surface area contributed by atoms with Gasteiger partial charge in [-0.25, -0.2) is 5.43 Å². The average Bonchev–Trinajstić information content (AvgIpc) is 2.45. The Morgan fingerprint density at radius 2 is 1.86 bits per heavy atom. The van der Waals surface area contributed by atoms with Crippen molar-refractivity contribution in [1.29, 1.82) is 0 Å². The average molecular weight is 282 g/mol. The van der Waals surface area contributed by atoms with E-state index in [1.807, 2.05) is 37.3 Å². The van der Waals surface area contributed by atoms with Gasteiger partial charge in [-0.1, -0.05) is 56.3 Å². The Kier molecular flexibility index (Phi) is 5.09. The summed E-state index contributed by atoms with van der Waals surface area (Å²) in [5, 5.41) is 6.44. The van der Waals surface area contributed by atoms with Crippen molar-refractivity contribution < 1.29 is 4.79 Å². The molecule has 0 unspecified atom stereocenters. The summed E-state index contributed by atoms with van der Waals surface area (Å²) in [6, 6.07) is 14.1. The maximum absolute atomic E-state index is 12.0. The van der Waals surface area contributed by atoms with Gasteiger partial charge in [0.1, 0.15) is 0 Å². The van der Waals surface area contributed by atoms with E-state index in [1.54, 1.807) is 0 Å². The van der Waals surface area contributed by atoms with E-state index in [9.17, 15) is 4.79 Å². The third-order valence-electron chi connectivity index (χ3n) is 3.31. The highest BCUT2D eigenvalue weighted by atomic mass is 16.2. The molecule has 0 saturated carbocycles. The molecule has 3 nitrogen and oxygen atoms in total. The molecular weight excluding hydrogens is 260 g/mol. The van der Waals surface area contributed by atoms with E-state index in [2.05, 4.69) is 36.5 Å². The molecule has 0 radical (unpaired) electrons. The Bertz CT molecular complexity index is 654. The Balaban J connectivity index is 2.05. The zero-order chi connectivity index (χ0) is 15.2. The number of amides is 1. The van der Waals surface area contributed by atoms with Gasteiger partial charge in [0.2, 0.25) is 5.91 Å². The number of benzene rings is 2. The van der Waals surface area contributed by atoms with Crippen LogP contribution in [0.4, 0.5) is 0 Å². The van der Waals surface area contributed by atoms with E-state index in [1.165, 1.54) is 0 Å². The fourth-order valence-corrected chi connectivity index (χ4v) is 2.45. The van der Waals surface area contributed by atoms with Crippen LogP contribution < -0.4 is 5.43 Å². The second-order valence-electron chi connectivity index (χ2n) is 5.80. The molecule has 21 heavy (non-hydrogen) atoms. The summed E-state index contributed by atoms with van der Waals surface area (Å²) in [6.07, 6.45) is 1.24. The van der Waals surface area contributed by atoms with Gasteiger partial charge in [0.15, 0.2) is 0 Å². The van der Waals surface area contributed by atoms with Crippen LogP contribution in [0.1, 0.15) is 32.8 Å². The van der Waals surface area contributed by atoms with Crippen LogP contribution >= 0.6 is 0 Å². The molecule has 0 fully saturated rings. The SMILES string of the molecule is CC(CC(C)C)=NNC(=O)Cc1cccc2ccccc12. The molecule has 0 bridgehead atoms. The number of hydrazone groups is 1. The molecule has 1 amide bonds. The minimum absolute atomic E-state index is 0.0746. The summed E-state index contributed by atoms with van der Waals surface area (Å²) in [4.78, 5) is 12.0. The third-order valence-corrected chi connectivity index (χ3v) is 3.31. The number of nitrogens with one attached hydrogen (secondary N) is 1. The van der Waals surface area contributed by atoms with Gasteiger partial charge in [-0.05, 0) is 35.6 Å². The highest BCUT2D eigenvalue weighted by molar-refractivity contribution is 5.91. The van der Waals surface area contributed by atoms with E-state index < -0.39 is 0 Å². The molecular formula is C18H22N2O. The van der Waals surface area contributed by atoms with E-state index in [-0.39, 0.29) is 5.91 Å². The van der Waals surface area contributed by atoms with Gasteiger partial charge in [-0.2, -0.15) is 5.10 Å².